The molecule has 1 amide bonds. The van der Waals surface area contributed by atoms with E-state index >= 15 is 0 Å². The summed E-state index contributed by atoms with van der Waals surface area (Å²) in [7, 11) is 0. The lowest BCUT2D eigenvalue weighted by molar-refractivity contribution is -0.385. The van der Waals surface area contributed by atoms with E-state index in [2.05, 4.69) is 15.5 Å². The fourth-order valence-corrected chi connectivity index (χ4v) is 3.28. The molecule has 1 N–H and O–H groups in total. The third kappa shape index (κ3) is 4.68. The number of rotatable bonds is 6. The highest BCUT2D eigenvalue weighted by atomic mass is 32.2. The molecule has 0 atom stereocenters. The summed E-state index contributed by atoms with van der Waals surface area (Å²) < 4.78 is 0. The zero-order chi connectivity index (χ0) is 19.2. The lowest BCUT2D eigenvalue weighted by Crippen LogP contribution is -2.19. The molecule has 1 aromatic heterocycles. The molecule has 27 heavy (non-hydrogen) atoms. The summed E-state index contributed by atoms with van der Waals surface area (Å²) in [4.78, 5) is 27.8. The molecular weight excluding hydrogens is 364 g/mol. The molecule has 3 aromatic rings. The van der Waals surface area contributed by atoms with Crippen LogP contribution < -0.4 is 5.43 Å². The van der Waals surface area contributed by atoms with Gasteiger partial charge in [-0.05, 0) is 19.1 Å². The lowest BCUT2D eigenvalue weighted by atomic mass is 10.1. The fraction of sp³-hybridized carbons (Fsp3) is 0.105. The number of aryl methyl sites for hydroxylation is 1. The molecule has 0 fully saturated rings. The Hall–Kier alpha value is -3.26. The van der Waals surface area contributed by atoms with Gasteiger partial charge in [0.25, 0.3) is 5.69 Å². The number of nitrogens with zero attached hydrogens (tertiary/aromatic N) is 3. The van der Waals surface area contributed by atoms with E-state index in [1.54, 1.807) is 25.3 Å². The summed E-state index contributed by atoms with van der Waals surface area (Å²) in [5, 5.41) is 15.8. The molecule has 3 rings (SSSR count). The highest BCUT2D eigenvalue weighted by Gasteiger charge is 2.10. The molecule has 0 saturated heterocycles. The van der Waals surface area contributed by atoms with Gasteiger partial charge in [-0.1, -0.05) is 30.3 Å². The molecule has 0 bridgehead atoms. The third-order valence-electron chi connectivity index (χ3n) is 3.79. The molecule has 0 unspecified atom stereocenters. The van der Waals surface area contributed by atoms with Crippen molar-refractivity contribution in [1.82, 2.24) is 10.4 Å². The zero-order valence-electron chi connectivity index (χ0n) is 14.5. The van der Waals surface area contributed by atoms with Crippen LogP contribution in [0.1, 0.15) is 11.1 Å². The molecular formula is C19H16N4O3S. The van der Waals surface area contributed by atoms with Crippen LogP contribution >= 0.6 is 11.8 Å². The highest BCUT2D eigenvalue weighted by Crippen LogP contribution is 2.25. The maximum atomic E-state index is 12.0. The Balaban J connectivity index is 1.59. The van der Waals surface area contributed by atoms with Crippen molar-refractivity contribution < 1.29 is 9.72 Å². The molecule has 1 heterocycles. The maximum Gasteiger partial charge on any atom is 0.272 e. The standard InChI is InChI=1S/C19H16N4O3S/c1-13-7-8-14(10-16(13)23(25)26)11-21-22-18(24)12-27-17-6-2-4-15-5-3-9-20-19(15)17/h2-11H,12H2,1H3,(H,22,24)/b21-11-. The number of benzene rings is 2. The Kier molecular flexibility index (Phi) is 5.77. The summed E-state index contributed by atoms with van der Waals surface area (Å²) >= 11 is 1.37. The van der Waals surface area contributed by atoms with Crippen LogP contribution in [0.4, 0.5) is 5.69 Å². The smallest absolute Gasteiger partial charge is 0.272 e. The van der Waals surface area contributed by atoms with E-state index in [1.165, 1.54) is 24.0 Å². The molecule has 0 spiro atoms. The Morgan fingerprint density at radius 1 is 1.30 bits per heavy atom. The van der Waals surface area contributed by atoms with Gasteiger partial charge in [0.15, 0.2) is 0 Å². The van der Waals surface area contributed by atoms with E-state index in [9.17, 15) is 14.9 Å². The Labute approximate surface area is 159 Å². The topological polar surface area (TPSA) is 97.5 Å². The largest absolute Gasteiger partial charge is 0.272 e. The summed E-state index contributed by atoms with van der Waals surface area (Å²) in [6.45, 7) is 1.67. The van der Waals surface area contributed by atoms with Crippen LogP contribution in [0.15, 0.2) is 64.7 Å². The van der Waals surface area contributed by atoms with Crippen molar-refractivity contribution in [2.75, 3.05) is 5.75 Å². The van der Waals surface area contributed by atoms with Crippen molar-refractivity contribution >= 4 is 40.5 Å². The lowest BCUT2D eigenvalue weighted by Gasteiger charge is -2.04. The number of thioether (sulfide) groups is 1. The minimum atomic E-state index is -0.444. The van der Waals surface area contributed by atoms with E-state index < -0.39 is 4.92 Å². The minimum Gasteiger partial charge on any atom is -0.272 e. The van der Waals surface area contributed by atoms with Crippen LogP contribution in [0.2, 0.25) is 0 Å². The van der Waals surface area contributed by atoms with Crippen molar-refractivity contribution in [2.24, 2.45) is 5.10 Å². The van der Waals surface area contributed by atoms with E-state index in [0.717, 1.165) is 15.8 Å². The van der Waals surface area contributed by atoms with Gasteiger partial charge in [0.1, 0.15) is 0 Å². The number of hydrogen-bond acceptors (Lipinski definition) is 6. The van der Waals surface area contributed by atoms with Crippen LogP contribution in [0, 0.1) is 17.0 Å². The number of carbonyl (C=O) groups is 1. The van der Waals surface area contributed by atoms with Gasteiger partial charge in [-0.3, -0.25) is 19.9 Å². The minimum absolute atomic E-state index is 0.0179. The second-order valence-corrected chi connectivity index (χ2v) is 6.73. The fourth-order valence-electron chi connectivity index (χ4n) is 2.45. The van der Waals surface area contributed by atoms with Gasteiger partial charge in [-0.2, -0.15) is 5.10 Å². The van der Waals surface area contributed by atoms with Gasteiger partial charge in [-0.15, -0.1) is 11.8 Å². The van der Waals surface area contributed by atoms with Crippen LogP contribution in [0.5, 0.6) is 0 Å². The first-order valence-electron chi connectivity index (χ1n) is 8.08. The van der Waals surface area contributed by atoms with Gasteiger partial charge >= 0.3 is 0 Å². The number of nitrogens with one attached hydrogen (secondary N) is 1. The number of carbonyl (C=O) groups excluding carboxylic acids is 1. The number of hydrazone groups is 1. The Bertz CT molecular complexity index is 1030. The number of hydrogen-bond donors (Lipinski definition) is 1. The van der Waals surface area contributed by atoms with E-state index in [1.807, 2.05) is 30.3 Å². The van der Waals surface area contributed by atoms with Gasteiger partial charge in [0.2, 0.25) is 5.91 Å². The van der Waals surface area contributed by atoms with Gasteiger partial charge in [0, 0.05) is 33.7 Å². The van der Waals surface area contributed by atoms with Crippen LogP contribution in [0.25, 0.3) is 10.9 Å². The zero-order valence-corrected chi connectivity index (χ0v) is 15.3. The molecule has 2 aromatic carbocycles. The van der Waals surface area contributed by atoms with Crippen molar-refractivity contribution in [3.8, 4) is 0 Å². The number of amides is 1. The molecule has 0 aliphatic rings. The van der Waals surface area contributed by atoms with Crippen LogP contribution in [-0.2, 0) is 4.79 Å². The van der Waals surface area contributed by atoms with Crippen molar-refractivity contribution in [3.63, 3.8) is 0 Å². The number of para-hydroxylation sites is 1. The van der Waals surface area contributed by atoms with E-state index in [0.29, 0.717) is 11.1 Å². The quantitative estimate of drug-likeness (QED) is 0.304. The van der Waals surface area contributed by atoms with Gasteiger partial charge in [-0.25, -0.2) is 5.43 Å². The maximum absolute atomic E-state index is 12.0. The molecule has 136 valence electrons. The second kappa shape index (κ2) is 8.41. The molecule has 0 aliphatic carbocycles. The normalized spacial score (nSPS) is 11.0. The van der Waals surface area contributed by atoms with Crippen molar-refractivity contribution in [1.29, 1.82) is 0 Å². The number of pyridine rings is 1. The second-order valence-electron chi connectivity index (χ2n) is 5.72. The third-order valence-corrected chi connectivity index (χ3v) is 4.83. The first-order chi connectivity index (χ1) is 13.0. The molecule has 0 aliphatic heterocycles. The average molecular weight is 380 g/mol. The van der Waals surface area contributed by atoms with Crippen LogP contribution in [-0.4, -0.2) is 27.8 Å². The Morgan fingerprint density at radius 2 is 2.11 bits per heavy atom. The predicted molar refractivity (Wildman–Crippen MR) is 106 cm³/mol. The van der Waals surface area contributed by atoms with Gasteiger partial charge in [0.05, 0.1) is 22.4 Å². The number of nitro groups is 1. The molecule has 7 nitrogen and oxygen atoms in total. The van der Waals surface area contributed by atoms with Gasteiger partial charge < -0.3 is 0 Å². The monoisotopic (exact) mass is 380 g/mol. The number of aromatic nitrogens is 1. The highest BCUT2D eigenvalue weighted by molar-refractivity contribution is 8.00. The van der Waals surface area contributed by atoms with E-state index in [4.69, 9.17) is 0 Å². The SMILES string of the molecule is Cc1ccc(/C=N\NC(=O)CSc2cccc3cccnc23)cc1[N+](=O)[O-]. The first kappa shape index (κ1) is 18.5. The van der Waals surface area contributed by atoms with Crippen LogP contribution in [0.3, 0.4) is 0 Å². The average Bonchev–Trinajstić information content (AvgIpc) is 2.67. The number of fused-ring (bicyclic) bond motifs is 1. The van der Waals surface area contributed by atoms with Crippen molar-refractivity contribution in [2.45, 2.75) is 11.8 Å². The summed E-state index contributed by atoms with van der Waals surface area (Å²) in [6.07, 6.45) is 3.10. The molecule has 0 saturated carbocycles. The van der Waals surface area contributed by atoms with Crippen molar-refractivity contribution in [3.05, 3.63) is 76.0 Å². The van der Waals surface area contributed by atoms with E-state index in [-0.39, 0.29) is 17.3 Å². The predicted octanol–water partition coefficient (Wildman–Crippen LogP) is 3.69. The summed E-state index contributed by atoms with van der Waals surface area (Å²) in [5.41, 5.74) is 4.42. The summed E-state index contributed by atoms with van der Waals surface area (Å²) in [6, 6.07) is 14.4. The summed E-state index contributed by atoms with van der Waals surface area (Å²) in [5.74, 6) is -0.0908. The Morgan fingerprint density at radius 3 is 2.93 bits per heavy atom. The first-order valence-corrected chi connectivity index (χ1v) is 9.06. The number of nitro benzene ring substituents is 1. The molecule has 8 heteroatoms. The molecule has 0 radical (unpaired) electrons.